The molecule has 3 N–H and O–H groups in total. The predicted octanol–water partition coefficient (Wildman–Crippen LogP) is 0.671. The zero-order valence-corrected chi connectivity index (χ0v) is 10.9. The first-order chi connectivity index (χ1) is 9.11. The molecule has 8 heteroatoms. The van der Waals surface area contributed by atoms with Crippen LogP contribution in [0.2, 0.25) is 0 Å². The maximum atomic E-state index is 12.0. The quantitative estimate of drug-likeness (QED) is 0.758. The van der Waals surface area contributed by atoms with E-state index in [2.05, 4.69) is 5.32 Å². The number of hydrogen-bond acceptors (Lipinski definition) is 5. The Labute approximate surface area is 113 Å². The molecule has 2 amide bonds. The standard InChI is InChI=1S/C11H14N2O5S/c14-6-7-5-13(2-3-18-7)11(17)12-9-8(10(15)16)1-4-19-9/h1,4,7,14H,2-3,5-6H2,(H,12,17)(H,15,16). The summed E-state index contributed by atoms with van der Waals surface area (Å²) in [5.41, 5.74) is 0.0744. The van der Waals surface area contributed by atoms with E-state index in [1.165, 1.54) is 11.0 Å². The zero-order chi connectivity index (χ0) is 13.8. The fourth-order valence-corrected chi connectivity index (χ4v) is 2.53. The van der Waals surface area contributed by atoms with Crippen LogP contribution in [0.4, 0.5) is 9.80 Å². The van der Waals surface area contributed by atoms with Crippen molar-refractivity contribution >= 4 is 28.3 Å². The van der Waals surface area contributed by atoms with Crippen molar-refractivity contribution in [3.8, 4) is 0 Å². The molecule has 2 rings (SSSR count). The minimum absolute atomic E-state index is 0.0744. The third-order valence-electron chi connectivity index (χ3n) is 2.75. The lowest BCUT2D eigenvalue weighted by atomic mass is 10.3. The van der Waals surface area contributed by atoms with Crippen LogP contribution in [-0.2, 0) is 4.74 Å². The van der Waals surface area contributed by atoms with Crippen LogP contribution >= 0.6 is 11.3 Å². The van der Waals surface area contributed by atoms with Gasteiger partial charge in [-0.1, -0.05) is 0 Å². The number of carbonyl (C=O) groups excluding carboxylic acids is 1. The third-order valence-corrected chi connectivity index (χ3v) is 3.58. The Kier molecular flexibility index (Phi) is 4.35. The van der Waals surface area contributed by atoms with Gasteiger partial charge in [0.15, 0.2) is 0 Å². The Hall–Kier alpha value is -1.64. The largest absolute Gasteiger partial charge is 0.478 e. The molecule has 0 radical (unpaired) electrons. The average molecular weight is 286 g/mol. The minimum atomic E-state index is -1.08. The molecule has 0 bridgehead atoms. The van der Waals surface area contributed by atoms with Crippen molar-refractivity contribution in [3.05, 3.63) is 17.0 Å². The summed E-state index contributed by atoms with van der Waals surface area (Å²) >= 11 is 1.16. The van der Waals surface area contributed by atoms with Crippen LogP contribution in [-0.4, -0.2) is 59.5 Å². The summed E-state index contributed by atoms with van der Waals surface area (Å²) in [6.45, 7) is 0.907. The summed E-state index contributed by atoms with van der Waals surface area (Å²) in [6.07, 6.45) is -0.387. The lowest BCUT2D eigenvalue weighted by Gasteiger charge is -2.31. The molecule has 1 aliphatic heterocycles. The normalized spacial score (nSPS) is 19.2. The molecule has 1 aliphatic rings. The summed E-state index contributed by atoms with van der Waals surface area (Å²) in [4.78, 5) is 24.4. The van der Waals surface area contributed by atoms with Gasteiger partial charge in [-0.2, -0.15) is 0 Å². The van der Waals surface area contributed by atoms with Gasteiger partial charge in [0.05, 0.1) is 31.4 Å². The third kappa shape index (κ3) is 3.22. The number of aliphatic hydroxyl groups excluding tert-OH is 1. The van der Waals surface area contributed by atoms with E-state index in [1.807, 2.05) is 0 Å². The van der Waals surface area contributed by atoms with Crippen molar-refractivity contribution in [1.29, 1.82) is 0 Å². The number of carboxylic acids is 1. The molecule has 7 nitrogen and oxygen atoms in total. The monoisotopic (exact) mass is 286 g/mol. The summed E-state index contributed by atoms with van der Waals surface area (Å²) in [5.74, 6) is -1.08. The number of aliphatic hydroxyl groups is 1. The second-order valence-electron chi connectivity index (χ2n) is 4.02. The van der Waals surface area contributed by atoms with Gasteiger partial charge < -0.3 is 19.8 Å². The van der Waals surface area contributed by atoms with Crippen molar-refractivity contribution in [1.82, 2.24) is 4.90 Å². The highest BCUT2D eigenvalue weighted by Crippen LogP contribution is 2.23. The molecule has 0 saturated carbocycles. The van der Waals surface area contributed by atoms with Gasteiger partial charge in [0.1, 0.15) is 5.00 Å². The number of aromatic carboxylic acids is 1. The lowest BCUT2D eigenvalue weighted by molar-refractivity contribution is -0.0388. The molecule has 0 spiro atoms. The Morgan fingerprint density at radius 1 is 1.58 bits per heavy atom. The smallest absolute Gasteiger partial charge is 0.338 e. The van der Waals surface area contributed by atoms with E-state index in [0.717, 1.165) is 11.3 Å². The number of nitrogens with zero attached hydrogens (tertiary/aromatic N) is 1. The Bertz CT molecular complexity index is 475. The Morgan fingerprint density at radius 2 is 2.37 bits per heavy atom. The van der Waals surface area contributed by atoms with E-state index >= 15 is 0 Å². The van der Waals surface area contributed by atoms with Gasteiger partial charge in [0, 0.05) is 6.54 Å². The van der Waals surface area contributed by atoms with Crippen LogP contribution < -0.4 is 5.32 Å². The van der Waals surface area contributed by atoms with Crippen LogP contribution in [0.25, 0.3) is 0 Å². The van der Waals surface area contributed by atoms with Crippen LogP contribution in [0.15, 0.2) is 11.4 Å². The molecule has 1 aromatic heterocycles. The van der Waals surface area contributed by atoms with E-state index < -0.39 is 5.97 Å². The number of thiophene rings is 1. The van der Waals surface area contributed by atoms with Crippen molar-refractivity contribution < 1.29 is 24.5 Å². The van der Waals surface area contributed by atoms with Gasteiger partial charge in [-0.05, 0) is 11.4 Å². The van der Waals surface area contributed by atoms with E-state index in [1.54, 1.807) is 5.38 Å². The average Bonchev–Trinajstić information content (AvgIpc) is 2.87. The zero-order valence-electron chi connectivity index (χ0n) is 10.0. The number of carbonyl (C=O) groups is 2. The summed E-state index contributed by atoms with van der Waals surface area (Å²) in [7, 11) is 0. The van der Waals surface area contributed by atoms with Crippen LogP contribution in [0, 0.1) is 0 Å². The molecule has 104 valence electrons. The molecule has 19 heavy (non-hydrogen) atoms. The van der Waals surface area contributed by atoms with Gasteiger partial charge in [-0.15, -0.1) is 11.3 Å². The second-order valence-corrected chi connectivity index (χ2v) is 4.94. The van der Waals surface area contributed by atoms with Gasteiger partial charge >= 0.3 is 12.0 Å². The number of carboxylic acid groups (broad SMARTS) is 1. The summed E-state index contributed by atoms with van der Waals surface area (Å²) in [6, 6.07) is 1.06. The molecule has 1 atom stereocenters. The molecule has 1 saturated heterocycles. The molecule has 0 aliphatic carbocycles. The maximum Gasteiger partial charge on any atom is 0.338 e. The molecular formula is C11H14N2O5S. The predicted molar refractivity (Wildman–Crippen MR) is 68.7 cm³/mol. The summed E-state index contributed by atoms with van der Waals surface area (Å²) < 4.78 is 5.24. The highest BCUT2D eigenvalue weighted by molar-refractivity contribution is 7.14. The van der Waals surface area contributed by atoms with Gasteiger partial charge in [-0.3, -0.25) is 5.32 Å². The SMILES string of the molecule is O=C(O)c1ccsc1NC(=O)N1CCOC(CO)C1. The molecule has 1 unspecified atom stereocenters. The first-order valence-electron chi connectivity index (χ1n) is 5.71. The van der Waals surface area contributed by atoms with Crippen LogP contribution in [0.5, 0.6) is 0 Å². The van der Waals surface area contributed by atoms with Gasteiger partial charge in [0.2, 0.25) is 0 Å². The van der Waals surface area contributed by atoms with E-state index in [4.69, 9.17) is 14.9 Å². The minimum Gasteiger partial charge on any atom is -0.478 e. The fourth-order valence-electron chi connectivity index (χ4n) is 1.76. The van der Waals surface area contributed by atoms with Crippen LogP contribution in [0.3, 0.4) is 0 Å². The molecule has 2 heterocycles. The van der Waals surface area contributed by atoms with Crippen molar-refractivity contribution in [2.75, 3.05) is 31.6 Å². The van der Waals surface area contributed by atoms with Crippen molar-refractivity contribution in [2.45, 2.75) is 6.10 Å². The molecule has 1 fully saturated rings. The topological polar surface area (TPSA) is 99.1 Å². The summed E-state index contributed by atoms with van der Waals surface area (Å²) in [5, 5.41) is 22.4. The number of urea groups is 1. The number of anilines is 1. The fraction of sp³-hybridized carbons (Fsp3) is 0.455. The Balaban J connectivity index is 2.00. The second kappa shape index (κ2) is 6.00. The molecule has 1 aromatic rings. The molecular weight excluding hydrogens is 272 g/mol. The first-order valence-corrected chi connectivity index (χ1v) is 6.59. The van der Waals surface area contributed by atoms with E-state index in [9.17, 15) is 9.59 Å². The number of hydrogen-bond donors (Lipinski definition) is 3. The first kappa shape index (κ1) is 13.8. The molecule has 0 aromatic carbocycles. The van der Waals surface area contributed by atoms with Crippen molar-refractivity contribution in [3.63, 3.8) is 0 Å². The van der Waals surface area contributed by atoms with Gasteiger partial charge in [0.25, 0.3) is 0 Å². The lowest BCUT2D eigenvalue weighted by Crippen LogP contribution is -2.48. The highest BCUT2D eigenvalue weighted by Gasteiger charge is 2.25. The maximum absolute atomic E-state index is 12.0. The van der Waals surface area contributed by atoms with Gasteiger partial charge in [-0.25, -0.2) is 9.59 Å². The Morgan fingerprint density at radius 3 is 3.05 bits per heavy atom. The number of nitrogens with one attached hydrogen (secondary N) is 1. The number of rotatable bonds is 3. The van der Waals surface area contributed by atoms with E-state index in [0.29, 0.717) is 18.2 Å². The highest BCUT2D eigenvalue weighted by atomic mass is 32.1. The number of ether oxygens (including phenoxy) is 1. The van der Waals surface area contributed by atoms with E-state index in [-0.39, 0.29) is 30.9 Å². The number of morpholine rings is 1. The van der Waals surface area contributed by atoms with Crippen LogP contribution in [0.1, 0.15) is 10.4 Å². The number of amides is 2. The van der Waals surface area contributed by atoms with Crippen molar-refractivity contribution in [2.24, 2.45) is 0 Å².